The molecule has 3 aromatic rings. The van der Waals surface area contributed by atoms with Crippen molar-refractivity contribution in [3.05, 3.63) is 64.4 Å². The second-order valence-corrected chi connectivity index (χ2v) is 11.7. The van der Waals surface area contributed by atoms with Crippen LogP contribution in [-0.4, -0.2) is 60.5 Å². The number of benzene rings is 1. The smallest absolute Gasteiger partial charge is 0.248 e. The molecular formula is C26H32N6O3S. The molecule has 0 bridgehead atoms. The summed E-state index contributed by atoms with van der Waals surface area (Å²) in [6.45, 7) is 6.03. The van der Waals surface area contributed by atoms with Crippen LogP contribution in [-0.2, 0) is 9.59 Å². The third-order valence-corrected chi connectivity index (χ3v) is 7.67. The number of aliphatic hydroxyl groups excluding tert-OH is 1. The van der Waals surface area contributed by atoms with Crippen LogP contribution in [0.25, 0.3) is 0 Å². The summed E-state index contributed by atoms with van der Waals surface area (Å²) in [5.41, 5.74) is 1.33. The molecule has 2 N–H and O–H groups in total. The molecule has 1 unspecified atom stereocenters. The summed E-state index contributed by atoms with van der Waals surface area (Å²) in [6.07, 6.45) is 5.15. The fourth-order valence-corrected chi connectivity index (χ4v) is 5.59. The highest BCUT2D eigenvalue weighted by atomic mass is 32.1. The van der Waals surface area contributed by atoms with Crippen molar-refractivity contribution in [3.63, 3.8) is 0 Å². The maximum atomic E-state index is 14.0. The molecule has 1 aromatic carbocycles. The molecule has 1 saturated carbocycles. The van der Waals surface area contributed by atoms with Crippen molar-refractivity contribution in [1.82, 2.24) is 30.2 Å². The van der Waals surface area contributed by atoms with Crippen LogP contribution >= 0.6 is 11.3 Å². The van der Waals surface area contributed by atoms with E-state index >= 15 is 0 Å². The van der Waals surface area contributed by atoms with E-state index in [0.29, 0.717) is 5.92 Å². The standard InChI is InChI=1S/C26H32N6O3S/c1-26(2,3)22(32-15-19(29-30-32)16-9-10-16)25(35)31-14-18(33)13-20(31)23(34)28-21(24-27-11-12-36-24)17-7-5-4-6-8-17/h4-8,11-12,15-16,18,20-22,33H,9-10,13-14H2,1-3H3,(H,28,34)/t18-,20+,21?,22-/m1/s1. The summed E-state index contributed by atoms with van der Waals surface area (Å²) in [7, 11) is 0. The predicted octanol–water partition coefficient (Wildman–Crippen LogP) is 3.07. The summed E-state index contributed by atoms with van der Waals surface area (Å²) in [5.74, 6) is -0.131. The van der Waals surface area contributed by atoms with Crippen LogP contribution < -0.4 is 5.32 Å². The summed E-state index contributed by atoms with van der Waals surface area (Å²) < 4.78 is 1.64. The average Bonchev–Trinajstić information content (AvgIpc) is 3.22. The van der Waals surface area contributed by atoms with Gasteiger partial charge in [0.2, 0.25) is 11.8 Å². The first-order valence-electron chi connectivity index (χ1n) is 12.4. The Hall–Kier alpha value is -3.11. The van der Waals surface area contributed by atoms with Crippen LogP contribution in [0.2, 0.25) is 0 Å². The minimum absolute atomic E-state index is 0.0981. The second-order valence-electron chi connectivity index (χ2n) is 10.8. The van der Waals surface area contributed by atoms with Crippen molar-refractivity contribution >= 4 is 23.2 Å². The summed E-state index contributed by atoms with van der Waals surface area (Å²) in [5, 5.41) is 24.8. The molecule has 1 aliphatic heterocycles. The van der Waals surface area contributed by atoms with E-state index in [4.69, 9.17) is 0 Å². The third kappa shape index (κ3) is 5.05. The van der Waals surface area contributed by atoms with E-state index in [1.54, 1.807) is 10.9 Å². The van der Waals surface area contributed by atoms with Gasteiger partial charge in [0.25, 0.3) is 0 Å². The number of nitrogens with zero attached hydrogens (tertiary/aromatic N) is 5. The van der Waals surface area contributed by atoms with Gasteiger partial charge in [-0.05, 0) is 23.8 Å². The Morgan fingerprint density at radius 3 is 2.58 bits per heavy atom. The van der Waals surface area contributed by atoms with Gasteiger partial charge in [-0.3, -0.25) is 9.59 Å². The molecule has 1 aliphatic carbocycles. The number of hydrogen-bond acceptors (Lipinski definition) is 7. The van der Waals surface area contributed by atoms with Crippen molar-refractivity contribution in [3.8, 4) is 0 Å². The van der Waals surface area contributed by atoms with Crippen molar-refractivity contribution in [2.24, 2.45) is 5.41 Å². The summed E-state index contributed by atoms with van der Waals surface area (Å²) in [4.78, 5) is 33.5. The number of nitrogens with one attached hydrogen (secondary N) is 1. The van der Waals surface area contributed by atoms with E-state index in [1.165, 1.54) is 16.2 Å². The van der Waals surface area contributed by atoms with Gasteiger partial charge in [-0.25, -0.2) is 9.67 Å². The van der Waals surface area contributed by atoms with Gasteiger partial charge in [-0.15, -0.1) is 16.4 Å². The van der Waals surface area contributed by atoms with Crippen LogP contribution in [0.4, 0.5) is 0 Å². The van der Waals surface area contributed by atoms with E-state index in [2.05, 4.69) is 20.6 Å². The molecule has 2 amide bonds. The molecule has 10 heteroatoms. The third-order valence-electron chi connectivity index (χ3n) is 6.83. The van der Waals surface area contributed by atoms with Gasteiger partial charge in [0.05, 0.1) is 11.8 Å². The number of β-amino-alcohol motifs (C(OH)–C–C–N with tert-alkyl or cyclic N) is 1. The molecule has 3 heterocycles. The Morgan fingerprint density at radius 1 is 1.19 bits per heavy atom. The molecular weight excluding hydrogens is 476 g/mol. The average molecular weight is 509 g/mol. The molecule has 1 saturated heterocycles. The zero-order valence-electron chi connectivity index (χ0n) is 20.7. The SMILES string of the molecule is CC(C)(C)[C@@H](C(=O)N1C[C@H](O)C[C@H]1C(=O)NC(c1ccccc1)c1nccs1)n1cc(C2CC2)nn1. The lowest BCUT2D eigenvalue weighted by molar-refractivity contribution is -0.144. The van der Waals surface area contributed by atoms with Gasteiger partial charge in [0, 0.05) is 36.7 Å². The lowest BCUT2D eigenvalue weighted by Crippen LogP contribution is -2.51. The topological polar surface area (TPSA) is 113 Å². The molecule has 5 rings (SSSR count). The number of aromatic nitrogens is 4. The number of thiazole rings is 1. The van der Waals surface area contributed by atoms with Crippen molar-refractivity contribution in [1.29, 1.82) is 0 Å². The lowest BCUT2D eigenvalue weighted by Gasteiger charge is -2.35. The number of carbonyl (C=O) groups is 2. The second kappa shape index (κ2) is 9.74. The van der Waals surface area contributed by atoms with E-state index in [-0.39, 0.29) is 24.8 Å². The van der Waals surface area contributed by atoms with Gasteiger partial charge in [0.15, 0.2) is 0 Å². The highest BCUT2D eigenvalue weighted by Crippen LogP contribution is 2.40. The number of aliphatic hydroxyl groups is 1. The number of amides is 2. The fraction of sp³-hybridized carbons (Fsp3) is 0.500. The van der Waals surface area contributed by atoms with E-state index < -0.39 is 29.6 Å². The highest BCUT2D eigenvalue weighted by molar-refractivity contribution is 7.09. The zero-order chi connectivity index (χ0) is 25.4. The fourth-order valence-electron chi connectivity index (χ4n) is 4.87. The molecule has 4 atom stereocenters. The van der Waals surface area contributed by atoms with Gasteiger partial charge in [0.1, 0.15) is 23.1 Å². The first-order valence-corrected chi connectivity index (χ1v) is 13.3. The van der Waals surface area contributed by atoms with Crippen molar-refractivity contribution in [2.45, 2.75) is 70.2 Å². The van der Waals surface area contributed by atoms with Crippen LogP contribution in [0.5, 0.6) is 0 Å². The van der Waals surface area contributed by atoms with Crippen molar-refractivity contribution < 1.29 is 14.7 Å². The Labute approximate surface area is 214 Å². The van der Waals surface area contributed by atoms with Crippen LogP contribution in [0, 0.1) is 5.41 Å². The number of carbonyl (C=O) groups excluding carboxylic acids is 2. The summed E-state index contributed by atoms with van der Waals surface area (Å²) >= 11 is 1.46. The summed E-state index contributed by atoms with van der Waals surface area (Å²) in [6, 6.07) is 7.75. The Morgan fingerprint density at radius 2 is 1.94 bits per heavy atom. The van der Waals surface area contributed by atoms with Crippen LogP contribution in [0.15, 0.2) is 48.1 Å². The Balaban J connectivity index is 1.40. The zero-order valence-corrected chi connectivity index (χ0v) is 21.6. The molecule has 36 heavy (non-hydrogen) atoms. The van der Waals surface area contributed by atoms with E-state index in [1.807, 2.05) is 62.7 Å². The maximum Gasteiger partial charge on any atom is 0.248 e. The van der Waals surface area contributed by atoms with Crippen LogP contribution in [0.1, 0.15) is 74.3 Å². The first kappa shape index (κ1) is 24.6. The van der Waals surface area contributed by atoms with E-state index in [0.717, 1.165) is 29.1 Å². The van der Waals surface area contributed by atoms with Gasteiger partial charge < -0.3 is 15.3 Å². The van der Waals surface area contributed by atoms with Gasteiger partial charge in [-0.2, -0.15) is 0 Å². The minimum atomic E-state index is -0.796. The highest BCUT2D eigenvalue weighted by Gasteiger charge is 2.46. The number of hydrogen-bond donors (Lipinski definition) is 2. The van der Waals surface area contributed by atoms with Gasteiger partial charge >= 0.3 is 0 Å². The maximum absolute atomic E-state index is 14.0. The molecule has 2 fully saturated rings. The lowest BCUT2D eigenvalue weighted by atomic mass is 9.85. The quantitative estimate of drug-likeness (QED) is 0.507. The van der Waals surface area contributed by atoms with Crippen molar-refractivity contribution in [2.75, 3.05) is 6.54 Å². The molecule has 2 aromatic heterocycles. The normalized spacial score (nSPS) is 21.8. The Kier molecular flexibility index (Phi) is 6.65. The monoisotopic (exact) mass is 508 g/mol. The number of rotatable bonds is 7. The number of likely N-dealkylation sites (tertiary alicyclic amines) is 1. The molecule has 190 valence electrons. The first-order chi connectivity index (χ1) is 17.2. The van der Waals surface area contributed by atoms with Gasteiger partial charge in [-0.1, -0.05) is 56.3 Å². The molecule has 0 spiro atoms. The van der Waals surface area contributed by atoms with Crippen LogP contribution in [0.3, 0.4) is 0 Å². The largest absolute Gasteiger partial charge is 0.391 e. The van der Waals surface area contributed by atoms with E-state index in [9.17, 15) is 14.7 Å². The minimum Gasteiger partial charge on any atom is -0.391 e. The predicted molar refractivity (Wildman–Crippen MR) is 135 cm³/mol. The Bertz CT molecular complexity index is 1200. The molecule has 2 aliphatic rings. The molecule has 9 nitrogen and oxygen atoms in total. The molecule has 0 radical (unpaired) electrons.